The van der Waals surface area contributed by atoms with Crippen LogP contribution in [0.1, 0.15) is 90.4 Å². The van der Waals surface area contributed by atoms with Crippen LogP contribution in [0.15, 0.2) is 12.2 Å². The Morgan fingerprint density at radius 1 is 0.880 bits per heavy atom. The summed E-state index contributed by atoms with van der Waals surface area (Å²) in [5, 5.41) is 18.2. The molecule has 2 N–H and O–H groups in total. The molecule has 0 spiro atoms. The van der Waals surface area contributed by atoms with Crippen molar-refractivity contribution in [1.82, 2.24) is 0 Å². The van der Waals surface area contributed by atoms with Crippen molar-refractivity contribution in [2.75, 3.05) is 0 Å². The van der Waals surface area contributed by atoms with Crippen LogP contribution in [0.5, 0.6) is 0 Å². The predicted molar refractivity (Wildman–Crippen MR) is 101 cm³/mol. The van der Waals surface area contributed by atoms with E-state index in [0.717, 1.165) is 57.8 Å². The van der Waals surface area contributed by atoms with E-state index in [1.807, 2.05) is 0 Å². The highest BCUT2D eigenvalue weighted by molar-refractivity contribution is 5.71. The van der Waals surface area contributed by atoms with Crippen LogP contribution in [0.2, 0.25) is 0 Å². The number of unbranched alkanes of at least 4 members (excludes halogenated alkanes) is 7. The average molecular weight is 353 g/mol. The van der Waals surface area contributed by atoms with Gasteiger partial charge in [-0.25, -0.2) is 0 Å². The van der Waals surface area contributed by atoms with Gasteiger partial charge in [-0.3, -0.25) is 9.59 Å². The fourth-order valence-electron chi connectivity index (χ4n) is 3.83. The molecular weight excluding hydrogens is 316 g/mol. The molecule has 0 saturated carbocycles. The molecule has 0 radical (unpaired) electrons. The summed E-state index contributed by atoms with van der Waals surface area (Å²) in [6.45, 7) is 2.19. The highest BCUT2D eigenvalue weighted by Crippen LogP contribution is 2.34. The molecule has 1 aliphatic carbocycles. The molecule has 0 aliphatic heterocycles. The molecule has 1 aliphatic rings. The molecular formula is C21H36O4. The van der Waals surface area contributed by atoms with Gasteiger partial charge in [-0.2, -0.15) is 0 Å². The molecule has 0 bridgehead atoms. The maximum absolute atomic E-state index is 11.6. The van der Waals surface area contributed by atoms with Crippen molar-refractivity contribution < 1.29 is 19.8 Å². The summed E-state index contributed by atoms with van der Waals surface area (Å²) in [7, 11) is 0. The van der Waals surface area contributed by atoms with E-state index in [2.05, 4.69) is 19.1 Å². The Morgan fingerprint density at radius 3 is 2.20 bits per heavy atom. The van der Waals surface area contributed by atoms with E-state index >= 15 is 0 Å². The SMILES string of the molecule is CCCCCC[C@@H]1C=C[C@H](CCCCCCCC(=O)O)C[C@@H]1C(=O)O. The molecule has 0 aromatic carbocycles. The van der Waals surface area contributed by atoms with E-state index in [-0.39, 0.29) is 18.3 Å². The number of aliphatic carboxylic acids is 2. The lowest BCUT2D eigenvalue weighted by molar-refractivity contribution is -0.144. The van der Waals surface area contributed by atoms with Crippen molar-refractivity contribution in [3.05, 3.63) is 12.2 Å². The topological polar surface area (TPSA) is 74.6 Å². The van der Waals surface area contributed by atoms with Gasteiger partial charge in [0.25, 0.3) is 0 Å². The fourth-order valence-corrected chi connectivity index (χ4v) is 3.83. The van der Waals surface area contributed by atoms with E-state index in [1.165, 1.54) is 19.3 Å². The Balaban J connectivity index is 2.25. The molecule has 3 atom stereocenters. The number of carbonyl (C=O) groups is 2. The molecule has 0 heterocycles. The van der Waals surface area contributed by atoms with Crippen molar-refractivity contribution in [3.8, 4) is 0 Å². The second-order valence-electron chi connectivity index (χ2n) is 7.54. The summed E-state index contributed by atoms with van der Waals surface area (Å²) in [6, 6.07) is 0. The van der Waals surface area contributed by atoms with Crippen LogP contribution in [0.4, 0.5) is 0 Å². The highest BCUT2D eigenvalue weighted by atomic mass is 16.4. The number of hydrogen-bond donors (Lipinski definition) is 2. The Morgan fingerprint density at radius 2 is 1.52 bits per heavy atom. The summed E-state index contributed by atoms with van der Waals surface area (Å²) in [5.74, 6) is -0.958. The Labute approximate surface area is 152 Å². The molecule has 4 heteroatoms. The first-order chi connectivity index (χ1) is 12.0. The first-order valence-corrected chi connectivity index (χ1v) is 10.2. The van der Waals surface area contributed by atoms with Crippen LogP contribution in [-0.4, -0.2) is 22.2 Å². The summed E-state index contributed by atoms with van der Waals surface area (Å²) in [5.41, 5.74) is 0. The largest absolute Gasteiger partial charge is 0.481 e. The zero-order valence-corrected chi connectivity index (χ0v) is 15.8. The Kier molecular flexibility index (Phi) is 11.3. The van der Waals surface area contributed by atoms with Gasteiger partial charge in [0, 0.05) is 6.42 Å². The monoisotopic (exact) mass is 352 g/mol. The van der Waals surface area contributed by atoms with Crippen LogP contribution in [-0.2, 0) is 9.59 Å². The van der Waals surface area contributed by atoms with Gasteiger partial charge >= 0.3 is 11.9 Å². The van der Waals surface area contributed by atoms with Gasteiger partial charge in [0.05, 0.1) is 5.92 Å². The summed E-state index contributed by atoms with van der Waals surface area (Å²) < 4.78 is 0. The molecule has 1 rings (SSSR count). The molecule has 0 amide bonds. The van der Waals surface area contributed by atoms with Crippen molar-refractivity contribution in [1.29, 1.82) is 0 Å². The van der Waals surface area contributed by atoms with E-state index in [0.29, 0.717) is 5.92 Å². The molecule has 0 aromatic heterocycles. The molecule has 0 aromatic rings. The molecule has 4 nitrogen and oxygen atoms in total. The van der Waals surface area contributed by atoms with Crippen LogP contribution in [0.25, 0.3) is 0 Å². The molecule has 0 fully saturated rings. The third kappa shape index (κ3) is 9.66. The van der Waals surface area contributed by atoms with Crippen LogP contribution >= 0.6 is 0 Å². The average Bonchev–Trinajstić information content (AvgIpc) is 2.58. The Hall–Kier alpha value is -1.32. The zero-order chi connectivity index (χ0) is 18.5. The van der Waals surface area contributed by atoms with Crippen molar-refractivity contribution in [3.63, 3.8) is 0 Å². The number of carboxylic acids is 2. The van der Waals surface area contributed by atoms with Gasteiger partial charge in [-0.15, -0.1) is 0 Å². The molecule has 0 unspecified atom stereocenters. The van der Waals surface area contributed by atoms with E-state index in [9.17, 15) is 14.7 Å². The molecule has 0 saturated heterocycles. The summed E-state index contributed by atoms with van der Waals surface area (Å²) in [6.07, 6.45) is 17.4. The minimum Gasteiger partial charge on any atom is -0.481 e. The lowest BCUT2D eigenvalue weighted by Gasteiger charge is -2.29. The van der Waals surface area contributed by atoms with Gasteiger partial charge in [0.15, 0.2) is 0 Å². The number of hydrogen-bond acceptors (Lipinski definition) is 2. The number of carboxylic acid groups (broad SMARTS) is 2. The zero-order valence-electron chi connectivity index (χ0n) is 15.8. The second-order valence-corrected chi connectivity index (χ2v) is 7.54. The van der Waals surface area contributed by atoms with Crippen LogP contribution in [0, 0.1) is 17.8 Å². The van der Waals surface area contributed by atoms with E-state index in [4.69, 9.17) is 5.11 Å². The fraction of sp³-hybridized carbons (Fsp3) is 0.810. The number of allylic oxidation sites excluding steroid dienone is 2. The smallest absolute Gasteiger partial charge is 0.307 e. The van der Waals surface area contributed by atoms with Crippen LogP contribution in [0.3, 0.4) is 0 Å². The second kappa shape index (κ2) is 13.0. The van der Waals surface area contributed by atoms with E-state index in [1.54, 1.807) is 0 Å². The van der Waals surface area contributed by atoms with Gasteiger partial charge < -0.3 is 10.2 Å². The van der Waals surface area contributed by atoms with Gasteiger partial charge in [-0.05, 0) is 37.5 Å². The number of rotatable bonds is 14. The summed E-state index contributed by atoms with van der Waals surface area (Å²) in [4.78, 5) is 22.1. The quantitative estimate of drug-likeness (QED) is 0.312. The van der Waals surface area contributed by atoms with Gasteiger partial charge in [-0.1, -0.05) is 70.4 Å². The first kappa shape index (κ1) is 21.7. The predicted octanol–water partition coefficient (Wildman–Crippen LogP) is 5.67. The maximum Gasteiger partial charge on any atom is 0.307 e. The lowest BCUT2D eigenvalue weighted by Crippen LogP contribution is -2.28. The highest BCUT2D eigenvalue weighted by Gasteiger charge is 2.31. The van der Waals surface area contributed by atoms with Crippen molar-refractivity contribution >= 4 is 11.9 Å². The summed E-state index contributed by atoms with van der Waals surface area (Å²) >= 11 is 0. The minimum atomic E-state index is -0.712. The van der Waals surface area contributed by atoms with Crippen molar-refractivity contribution in [2.24, 2.45) is 17.8 Å². The first-order valence-electron chi connectivity index (χ1n) is 10.2. The Bertz CT molecular complexity index is 416. The third-order valence-electron chi connectivity index (χ3n) is 5.38. The van der Waals surface area contributed by atoms with Crippen molar-refractivity contribution in [2.45, 2.75) is 90.4 Å². The standard InChI is InChI=1S/C21H36O4/c1-2-3-4-9-12-18-15-14-17(16-19(18)21(24)25)11-8-6-5-7-10-13-20(22)23/h14-15,17-19H,2-13,16H2,1H3,(H,22,23)(H,24,25)/t17-,18+,19-/m0/s1. The normalized spacial score (nSPS) is 22.8. The third-order valence-corrected chi connectivity index (χ3v) is 5.38. The molecule has 25 heavy (non-hydrogen) atoms. The lowest BCUT2D eigenvalue weighted by atomic mass is 9.75. The van der Waals surface area contributed by atoms with E-state index < -0.39 is 11.9 Å². The minimum absolute atomic E-state index is 0.210. The maximum atomic E-state index is 11.6. The van der Waals surface area contributed by atoms with Gasteiger partial charge in [0.1, 0.15) is 0 Å². The van der Waals surface area contributed by atoms with Gasteiger partial charge in [0.2, 0.25) is 0 Å². The van der Waals surface area contributed by atoms with Crippen LogP contribution < -0.4 is 0 Å². The molecule has 144 valence electrons.